The second-order valence-electron chi connectivity index (χ2n) is 8.70. The summed E-state index contributed by atoms with van der Waals surface area (Å²) in [4.78, 5) is 5.01. The minimum absolute atomic E-state index is 0.351. The summed E-state index contributed by atoms with van der Waals surface area (Å²) >= 11 is 0. The molecule has 1 N–H and O–H groups in total. The van der Waals surface area contributed by atoms with Crippen molar-refractivity contribution in [3.8, 4) is 5.75 Å². The maximum absolute atomic E-state index is 10.8. The number of phenolic OH excluding ortho intramolecular Hbond substituents is 1. The van der Waals surface area contributed by atoms with Gasteiger partial charge in [-0.25, -0.2) is 0 Å². The highest BCUT2D eigenvalue weighted by atomic mass is 16.3. The van der Waals surface area contributed by atoms with Gasteiger partial charge in [-0.3, -0.25) is 0 Å². The van der Waals surface area contributed by atoms with Crippen molar-refractivity contribution in [2.24, 2.45) is 5.92 Å². The van der Waals surface area contributed by atoms with Crippen molar-refractivity contribution in [2.45, 2.75) is 62.8 Å². The van der Waals surface area contributed by atoms with Gasteiger partial charge in [-0.2, -0.15) is 0 Å². The van der Waals surface area contributed by atoms with Crippen molar-refractivity contribution < 1.29 is 5.11 Å². The van der Waals surface area contributed by atoms with Crippen LogP contribution in [0.2, 0.25) is 0 Å². The number of aromatic hydroxyl groups is 1. The van der Waals surface area contributed by atoms with E-state index in [1.807, 2.05) is 0 Å². The summed E-state index contributed by atoms with van der Waals surface area (Å²) in [6.07, 6.45) is 10.4. The first-order valence-electron chi connectivity index (χ1n) is 10.0. The van der Waals surface area contributed by atoms with Gasteiger partial charge in [-0.15, -0.1) is 0 Å². The van der Waals surface area contributed by atoms with Gasteiger partial charge in [0, 0.05) is 24.5 Å². The summed E-state index contributed by atoms with van der Waals surface area (Å²) in [5, 5.41) is 10.8. The molecule has 0 amide bonds. The molecule has 2 aliphatic carbocycles. The summed E-state index contributed by atoms with van der Waals surface area (Å²) in [5.74, 6) is 1.33. The lowest BCUT2D eigenvalue weighted by molar-refractivity contribution is 0.00276. The zero-order valence-corrected chi connectivity index (χ0v) is 14.9. The van der Waals surface area contributed by atoms with E-state index in [0.29, 0.717) is 17.2 Å². The molecule has 2 aliphatic heterocycles. The molecule has 2 heterocycles. The van der Waals surface area contributed by atoms with Gasteiger partial charge in [0.05, 0.1) is 5.69 Å². The number of anilines is 1. The Morgan fingerprint density at radius 1 is 1.04 bits per heavy atom. The first kappa shape index (κ1) is 15.1. The molecule has 4 aliphatic rings. The predicted octanol–water partition coefficient (Wildman–Crippen LogP) is 3.68. The average Bonchev–Trinajstić information content (AvgIpc) is 3.12. The Hall–Kier alpha value is -1.22. The predicted molar refractivity (Wildman–Crippen MR) is 97.9 cm³/mol. The summed E-state index contributed by atoms with van der Waals surface area (Å²) in [6, 6.07) is 5.25. The van der Waals surface area contributed by atoms with E-state index in [1.54, 1.807) is 0 Å². The molecular formula is C21H30N2O. The molecular weight excluding hydrogens is 296 g/mol. The van der Waals surface area contributed by atoms with Crippen molar-refractivity contribution in [1.82, 2.24) is 4.90 Å². The molecule has 3 atom stereocenters. The minimum Gasteiger partial charge on any atom is -0.506 e. The molecule has 3 fully saturated rings. The third-order valence-corrected chi connectivity index (χ3v) is 7.65. The molecule has 0 aromatic heterocycles. The van der Waals surface area contributed by atoms with E-state index in [1.165, 1.54) is 69.0 Å². The smallest absolute Gasteiger partial charge is 0.139 e. The lowest BCUT2D eigenvalue weighted by atomic mass is 9.52. The molecule has 2 saturated heterocycles. The largest absolute Gasteiger partial charge is 0.506 e. The fourth-order valence-corrected chi connectivity index (χ4v) is 6.44. The van der Waals surface area contributed by atoms with E-state index >= 15 is 0 Å². The normalized spacial score (nSPS) is 35.6. The second kappa shape index (κ2) is 5.39. The van der Waals surface area contributed by atoms with E-state index in [9.17, 15) is 5.11 Å². The Kier molecular flexibility index (Phi) is 3.38. The third kappa shape index (κ3) is 2.00. The number of rotatable bonds is 1. The quantitative estimate of drug-likeness (QED) is 0.853. The van der Waals surface area contributed by atoms with E-state index in [-0.39, 0.29) is 0 Å². The number of phenols is 1. The Labute approximate surface area is 145 Å². The zero-order chi connectivity index (χ0) is 16.3. The van der Waals surface area contributed by atoms with Crippen LogP contribution in [-0.4, -0.2) is 42.7 Å². The van der Waals surface area contributed by atoms with Crippen LogP contribution in [0.3, 0.4) is 0 Å². The van der Waals surface area contributed by atoms with Crippen LogP contribution in [-0.2, 0) is 11.8 Å². The fourth-order valence-electron chi connectivity index (χ4n) is 6.44. The molecule has 0 radical (unpaired) electrons. The number of hydrogen-bond donors (Lipinski definition) is 1. The molecule has 5 rings (SSSR count). The van der Waals surface area contributed by atoms with E-state index in [4.69, 9.17) is 0 Å². The Morgan fingerprint density at radius 2 is 1.88 bits per heavy atom. The highest BCUT2D eigenvalue weighted by Gasteiger charge is 2.53. The van der Waals surface area contributed by atoms with Gasteiger partial charge in [0.25, 0.3) is 0 Å². The second-order valence-corrected chi connectivity index (χ2v) is 8.70. The SMILES string of the molecule is CN1CC[C@@]23CCCC[C@@H]2[C@@H]1Cc1cc(N2CCCC2)c(O)cc13. The molecule has 130 valence electrons. The lowest BCUT2D eigenvalue weighted by Gasteiger charge is -2.58. The molecule has 0 unspecified atom stereocenters. The van der Waals surface area contributed by atoms with E-state index in [0.717, 1.165) is 24.7 Å². The van der Waals surface area contributed by atoms with Gasteiger partial charge >= 0.3 is 0 Å². The van der Waals surface area contributed by atoms with Crippen molar-refractivity contribution in [3.05, 3.63) is 23.3 Å². The Morgan fingerprint density at radius 3 is 2.71 bits per heavy atom. The number of benzene rings is 1. The van der Waals surface area contributed by atoms with Crippen molar-refractivity contribution in [2.75, 3.05) is 31.6 Å². The molecule has 2 bridgehead atoms. The molecule has 1 aromatic rings. The maximum atomic E-state index is 10.8. The van der Waals surface area contributed by atoms with Crippen molar-refractivity contribution >= 4 is 5.69 Å². The monoisotopic (exact) mass is 326 g/mol. The van der Waals surface area contributed by atoms with Gasteiger partial charge in [0.15, 0.2) is 0 Å². The number of piperidine rings is 1. The number of hydrogen-bond acceptors (Lipinski definition) is 3. The maximum Gasteiger partial charge on any atom is 0.139 e. The van der Waals surface area contributed by atoms with Gasteiger partial charge in [0.2, 0.25) is 0 Å². The lowest BCUT2D eigenvalue weighted by Crippen LogP contribution is -2.59. The van der Waals surface area contributed by atoms with E-state index in [2.05, 4.69) is 29.0 Å². The zero-order valence-electron chi connectivity index (χ0n) is 14.9. The van der Waals surface area contributed by atoms with Crippen LogP contribution in [0.1, 0.15) is 56.1 Å². The highest BCUT2D eigenvalue weighted by Crippen LogP contribution is 2.56. The first-order chi connectivity index (χ1) is 11.7. The van der Waals surface area contributed by atoms with E-state index < -0.39 is 0 Å². The summed E-state index contributed by atoms with van der Waals surface area (Å²) in [7, 11) is 2.33. The summed E-state index contributed by atoms with van der Waals surface area (Å²) < 4.78 is 0. The molecule has 1 aromatic carbocycles. The molecule has 1 saturated carbocycles. The van der Waals surface area contributed by atoms with Crippen molar-refractivity contribution in [1.29, 1.82) is 0 Å². The minimum atomic E-state index is 0.351. The summed E-state index contributed by atoms with van der Waals surface area (Å²) in [5.41, 5.74) is 4.49. The third-order valence-electron chi connectivity index (χ3n) is 7.65. The number of likely N-dealkylation sites (tertiary alicyclic amines) is 1. The standard InChI is InChI=1S/C21H30N2O/c1-22-11-8-21-7-3-2-6-16(21)18(22)12-15-13-19(20(24)14-17(15)21)23-9-4-5-10-23/h13-14,16,18,24H,2-12H2,1H3/t16-,18+,21+/m1/s1. The first-order valence-corrected chi connectivity index (χ1v) is 10.0. The number of likely N-dealkylation sites (N-methyl/N-ethyl adjacent to an activating group) is 1. The Balaban J connectivity index is 1.63. The van der Waals surface area contributed by atoms with Gasteiger partial charge in [-0.05, 0) is 81.3 Å². The van der Waals surface area contributed by atoms with Gasteiger partial charge in [0.1, 0.15) is 5.75 Å². The van der Waals surface area contributed by atoms with Crippen LogP contribution in [0.5, 0.6) is 5.75 Å². The molecule has 24 heavy (non-hydrogen) atoms. The van der Waals surface area contributed by atoms with Gasteiger partial charge in [-0.1, -0.05) is 12.8 Å². The number of nitrogens with zero attached hydrogens (tertiary/aromatic N) is 2. The van der Waals surface area contributed by atoms with Crippen LogP contribution >= 0.6 is 0 Å². The van der Waals surface area contributed by atoms with Crippen LogP contribution in [0.4, 0.5) is 5.69 Å². The summed E-state index contributed by atoms with van der Waals surface area (Å²) in [6.45, 7) is 3.42. The van der Waals surface area contributed by atoms with Gasteiger partial charge < -0.3 is 14.9 Å². The highest BCUT2D eigenvalue weighted by molar-refractivity contribution is 5.64. The van der Waals surface area contributed by atoms with Crippen LogP contribution in [0, 0.1) is 5.92 Å². The Bertz CT molecular complexity index is 651. The topological polar surface area (TPSA) is 26.7 Å². The van der Waals surface area contributed by atoms with Crippen LogP contribution in [0.25, 0.3) is 0 Å². The van der Waals surface area contributed by atoms with Crippen LogP contribution in [0.15, 0.2) is 12.1 Å². The van der Waals surface area contributed by atoms with Crippen LogP contribution < -0.4 is 4.90 Å². The molecule has 3 nitrogen and oxygen atoms in total. The van der Waals surface area contributed by atoms with Crippen molar-refractivity contribution in [3.63, 3.8) is 0 Å². The fraction of sp³-hybridized carbons (Fsp3) is 0.714. The average molecular weight is 326 g/mol. The molecule has 0 spiro atoms. The molecule has 3 heteroatoms. The number of fused-ring (bicyclic) bond motifs is 1.